The second-order valence-electron chi connectivity index (χ2n) is 7.79. The van der Waals surface area contributed by atoms with Gasteiger partial charge in [0.25, 0.3) is 0 Å². The SMILES string of the molecule is O=C(CN1CCC(c2cncc(Nc3ccc(F)cn3)n2)CC1)Nc1ccccc1OC(F)F. The van der Waals surface area contributed by atoms with Crippen molar-refractivity contribution in [2.75, 3.05) is 30.3 Å². The first-order valence-electron chi connectivity index (χ1n) is 10.7. The van der Waals surface area contributed by atoms with Crippen molar-refractivity contribution in [3.05, 3.63) is 66.5 Å². The van der Waals surface area contributed by atoms with Crippen LogP contribution in [0.4, 0.5) is 30.5 Å². The molecule has 2 aromatic heterocycles. The van der Waals surface area contributed by atoms with Gasteiger partial charge in [0.1, 0.15) is 23.2 Å². The second kappa shape index (κ2) is 10.9. The Morgan fingerprint density at radius 2 is 1.88 bits per heavy atom. The van der Waals surface area contributed by atoms with E-state index in [0.29, 0.717) is 24.7 Å². The number of ether oxygens (including phenoxy) is 1. The van der Waals surface area contributed by atoms with Gasteiger partial charge in [-0.1, -0.05) is 12.1 Å². The number of piperidine rings is 1. The monoisotopic (exact) mass is 472 g/mol. The Morgan fingerprint density at radius 3 is 2.62 bits per heavy atom. The number of carbonyl (C=O) groups is 1. The van der Waals surface area contributed by atoms with Crippen LogP contribution in [0.5, 0.6) is 5.75 Å². The molecule has 1 amide bonds. The fraction of sp³-hybridized carbons (Fsp3) is 0.304. The van der Waals surface area contributed by atoms with Crippen LogP contribution in [0.3, 0.4) is 0 Å². The number of rotatable bonds is 8. The summed E-state index contributed by atoms with van der Waals surface area (Å²) >= 11 is 0. The quantitative estimate of drug-likeness (QED) is 0.508. The molecule has 3 aromatic rings. The van der Waals surface area contributed by atoms with Crippen LogP contribution in [0, 0.1) is 5.82 Å². The van der Waals surface area contributed by atoms with Crippen LogP contribution in [-0.2, 0) is 4.79 Å². The summed E-state index contributed by atoms with van der Waals surface area (Å²) in [5.74, 6) is 0.359. The smallest absolute Gasteiger partial charge is 0.387 e. The van der Waals surface area contributed by atoms with Crippen LogP contribution in [0.25, 0.3) is 0 Å². The van der Waals surface area contributed by atoms with Gasteiger partial charge in [-0.2, -0.15) is 8.78 Å². The van der Waals surface area contributed by atoms with E-state index in [1.165, 1.54) is 24.3 Å². The molecule has 178 valence electrons. The Balaban J connectivity index is 1.29. The molecule has 2 N–H and O–H groups in total. The predicted molar refractivity (Wildman–Crippen MR) is 120 cm³/mol. The van der Waals surface area contributed by atoms with Crippen molar-refractivity contribution < 1.29 is 22.7 Å². The zero-order valence-corrected chi connectivity index (χ0v) is 18.1. The number of para-hydroxylation sites is 2. The highest BCUT2D eigenvalue weighted by Gasteiger charge is 2.24. The van der Waals surface area contributed by atoms with E-state index in [4.69, 9.17) is 0 Å². The van der Waals surface area contributed by atoms with Gasteiger partial charge in [-0.3, -0.25) is 14.7 Å². The summed E-state index contributed by atoms with van der Waals surface area (Å²) in [6, 6.07) is 8.91. The third-order valence-electron chi connectivity index (χ3n) is 5.39. The van der Waals surface area contributed by atoms with Gasteiger partial charge in [-0.05, 0) is 50.2 Å². The lowest BCUT2D eigenvalue weighted by atomic mass is 9.94. The fourth-order valence-corrected chi connectivity index (χ4v) is 3.77. The van der Waals surface area contributed by atoms with E-state index >= 15 is 0 Å². The van der Waals surface area contributed by atoms with Gasteiger partial charge in [0.2, 0.25) is 5.91 Å². The lowest BCUT2D eigenvalue weighted by Gasteiger charge is -2.31. The maximum atomic E-state index is 13.0. The summed E-state index contributed by atoms with van der Waals surface area (Å²) in [6.07, 6.45) is 5.98. The van der Waals surface area contributed by atoms with Crippen LogP contribution in [0.2, 0.25) is 0 Å². The van der Waals surface area contributed by atoms with Gasteiger partial charge >= 0.3 is 6.61 Å². The highest BCUT2D eigenvalue weighted by molar-refractivity contribution is 5.93. The molecule has 0 bridgehead atoms. The minimum absolute atomic E-state index is 0.0764. The average Bonchev–Trinajstić information content (AvgIpc) is 2.82. The Bertz CT molecular complexity index is 1110. The molecular weight excluding hydrogens is 449 g/mol. The summed E-state index contributed by atoms with van der Waals surface area (Å²) in [6.45, 7) is -1.49. The van der Waals surface area contributed by atoms with Gasteiger partial charge in [0.15, 0.2) is 0 Å². The number of nitrogens with zero attached hydrogens (tertiary/aromatic N) is 4. The van der Waals surface area contributed by atoms with E-state index < -0.39 is 12.4 Å². The molecule has 1 saturated heterocycles. The van der Waals surface area contributed by atoms with Crippen LogP contribution in [-0.4, -0.2) is 52.0 Å². The third kappa shape index (κ3) is 6.41. The molecule has 1 aromatic carbocycles. The van der Waals surface area contributed by atoms with Crippen LogP contribution >= 0.6 is 0 Å². The average molecular weight is 472 g/mol. The molecule has 0 saturated carbocycles. The summed E-state index contributed by atoms with van der Waals surface area (Å²) in [4.78, 5) is 27.3. The molecule has 4 rings (SSSR count). The van der Waals surface area contributed by atoms with Gasteiger partial charge in [-0.25, -0.2) is 14.4 Å². The molecular formula is C23H23F3N6O2. The number of hydrogen-bond donors (Lipinski definition) is 2. The number of aromatic nitrogens is 3. The maximum absolute atomic E-state index is 13.0. The first kappa shape index (κ1) is 23.4. The number of nitrogens with one attached hydrogen (secondary N) is 2. The van der Waals surface area contributed by atoms with Crippen molar-refractivity contribution in [3.8, 4) is 5.75 Å². The highest BCUT2D eigenvalue weighted by atomic mass is 19.3. The first-order chi connectivity index (χ1) is 16.5. The molecule has 0 atom stereocenters. The van der Waals surface area contributed by atoms with Gasteiger partial charge < -0.3 is 15.4 Å². The number of halogens is 3. The van der Waals surface area contributed by atoms with Gasteiger partial charge in [0.05, 0.1) is 30.3 Å². The first-order valence-corrected chi connectivity index (χ1v) is 10.7. The Morgan fingerprint density at radius 1 is 1.09 bits per heavy atom. The number of carbonyl (C=O) groups excluding carboxylic acids is 1. The number of hydrogen-bond acceptors (Lipinski definition) is 7. The van der Waals surface area contributed by atoms with Crippen LogP contribution < -0.4 is 15.4 Å². The number of alkyl halides is 2. The second-order valence-corrected chi connectivity index (χ2v) is 7.79. The van der Waals surface area contributed by atoms with E-state index in [2.05, 4.69) is 30.3 Å². The summed E-state index contributed by atoms with van der Waals surface area (Å²) in [7, 11) is 0. The van der Waals surface area contributed by atoms with Crippen LogP contribution in [0.15, 0.2) is 55.0 Å². The summed E-state index contributed by atoms with van der Waals surface area (Å²) in [5.41, 5.74) is 1.03. The predicted octanol–water partition coefficient (Wildman–Crippen LogP) is 4.17. The zero-order chi connectivity index (χ0) is 23.9. The molecule has 0 spiro atoms. The molecule has 3 heterocycles. The Labute approximate surface area is 194 Å². The Hall–Kier alpha value is -3.73. The standard InChI is InChI=1S/C23H23F3N6O2/c24-16-5-6-20(28-11-16)31-21-13-27-12-18(29-21)15-7-9-32(10-8-15)14-22(33)30-17-3-1-2-4-19(17)34-23(25)26/h1-6,11-13,15,23H,7-10,14H2,(H,30,33)(H,28,29,31). The molecule has 0 radical (unpaired) electrons. The van der Waals surface area contributed by atoms with E-state index in [-0.39, 0.29) is 29.8 Å². The molecule has 1 aliphatic heterocycles. The maximum Gasteiger partial charge on any atom is 0.387 e. The van der Waals surface area contributed by atoms with Crippen molar-refractivity contribution in [3.63, 3.8) is 0 Å². The van der Waals surface area contributed by atoms with Crippen molar-refractivity contribution in [1.29, 1.82) is 0 Å². The number of anilines is 3. The van der Waals surface area contributed by atoms with E-state index in [0.717, 1.165) is 24.7 Å². The Kier molecular flexibility index (Phi) is 7.53. The molecule has 8 nitrogen and oxygen atoms in total. The number of benzene rings is 1. The number of likely N-dealkylation sites (tertiary alicyclic amines) is 1. The van der Waals surface area contributed by atoms with E-state index in [1.54, 1.807) is 24.5 Å². The van der Waals surface area contributed by atoms with E-state index in [9.17, 15) is 18.0 Å². The van der Waals surface area contributed by atoms with Crippen LogP contribution in [0.1, 0.15) is 24.5 Å². The number of pyridine rings is 1. The fourth-order valence-electron chi connectivity index (χ4n) is 3.77. The summed E-state index contributed by atoms with van der Waals surface area (Å²) < 4.78 is 42.6. The van der Waals surface area contributed by atoms with Crippen molar-refractivity contribution in [2.24, 2.45) is 0 Å². The number of amides is 1. The molecule has 11 heteroatoms. The minimum atomic E-state index is -2.97. The minimum Gasteiger partial charge on any atom is -0.433 e. The highest BCUT2D eigenvalue weighted by Crippen LogP contribution is 2.28. The van der Waals surface area contributed by atoms with E-state index in [1.807, 2.05) is 4.90 Å². The lowest BCUT2D eigenvalue weighted by molar-refractivity contribution is -0.117. The van der Waals surface area contributed by atoms with Gasteiger partial charge in [-0.15, -0.1) is 0 Å². The molecule has 34 heavy (non-hydrogen) atoms. The van der Waals surface area contributed by atoms with Crippen molar-refractivity contribution in [1.82, 2.24) is 19.9 Å². The molecule has 0 aliphatic carbocycles. The molecule has 1 fully saturated rings. The molecule has 0 unspecified atom stereocenters. The summed E-state index contributed by atoms with van der Waals surface area (Å²) in [5, 5.41) is 5.65. The van der Waals surface area contributed by atoms with Crippen molar-refractivity contribution >= 4 is 23.2 Å². The topological polar surface area (TPSA) is 92.3 Å². The molecule has 1 aliphatic rings. The van der Waals surface area contributed by atoms with Crippen molar-refractivity contribution in [2.45, 2.75) is 25.4 Å². The lowest BCUT2D eigenvalue weighted by Crippen LogP contribution is -2.39. The largest absolute Gasteiger partial charge is 0.433 e. The zero-order valence-electron chi connectivity index (χ0n) is 18.1. The normalized spacial score (nSPS) is 14.7. The van der Waals surface area contributed by atoms with Gasteiger partial charge in [0, 0.05) is 12.1 Å². The third-order valence-corrected chi connectivity index (χ3v) is 5.39.